The number of rotatable bonds is 3. The molecule has 1 N–H and O–H groups in total. The average molecular weight is 236 g/mol. The van der Waals surface area contributed by atoms with E-state index in [2.05, 4.69) is 29.3 Å². The van der Waals surface area contributed by atoms with E-state index in [1.165, 1.54) is 0 Å². The van der Waals surface area contributed by atoms with Gasteiger partial charge >= 0.3 is 0 Å². The van der Waals surface area contributed by atoms with Gasteiger partial charge < -0.3 is 14.4 Å². The molecule has 1 fully saturated rings. The Hall–Kier alpha value is -1.10. The lowest BCUT2D eigenvalue weighted by Crippen LogP contribution is -2.63. The van der Waals surface area contributed by atoms with Crippen LogP contribution in [0.15, 0.2) is 30.3 Å². The van der Waals surface area contributed by atoms with Crippen LogP contribution in [0.2, 0.25) is 0 Å². The van der Waals surface area contributed by atoms with Crippen LogP contribution in [0.4, 0.5) is 5.69 Å². The molecule has 0 saturated carbocycles. The highest BCUT2D eigenvalue weighted by Gasteiger charge is 2.34. The van der Waals surface area contributed by atoms with Gasteiger partial charge in [0.1, 0.15) is 0 Å². The summed E-state index contributed by atoms with van der Waals surface area (Å²) in [4.78, 5) is 2.23. The number of nitrogens with one attached hydrogen (secondary N) is 1. The fourth-order valence-corrected chi connectivity index (χ4v) is 2.28. The Morgan fingerprint density at radius 1 is 1.18 bits per heavy atom. The lowest BCUT2D eigenvalue weighted by Gasteiger charge is -2.44. The lowest BCUT2D eigenvalue weighted by molar-refractivity contribution is -0.0719. The topological polar surface area (TPSA) is 33.7 Å². The van der Waals surface area contributed by atoms with Crippen LogP contribution in [0.5, 0.6) is 0 Å². The summed E-state index contributed by atoms with van der Waals surface area (Å²) in [7, 11) is 3.41. The van der Waals surface area contributed by atoms with E-state index in [1.54, 1.807) is 14.2 Å². The van der Waals surface area contributed by atoms with Crippen molar-refractivity contribution in [2.45, 2.75) is 25.4 Å². The van der Waals surface area contributed by atoms with Crippen molar-refractivity contribution in [1.82, 2.24) is 5.32 Å². The predicted octanol–water partition coefficient (Wildman–Crippen LogP) is 1.43. The standard InChI is InChI=1S/C13H20N2O2/c1-10-9-15(11-7-5-4-6-8-11)13(17-3)12(14-10)16-2/h4-8,10,12-14H,9H2,1-3H3. The molecule has 94 valence electrons. The first-order valence-corrected chi connectivity index (χ1v) is 5.89. The molecule has 0 radical (unpaired) electrons. The highest BCUT2D eigenvalue weighted by Crippen LogP contribution is 2.22. The van der Waals surface area contributed by atoms with Crippen LogP contribution in [0.1, 0.15) is 6.92 Å². The SMILES string of the molecule is COC1NC(C)CN(c2ccccc2)C1OC. The zero-order valence-electron chi connectivity index (χ0n) is 10.6. The molecule has 4 nitrogen and oxygen atoms in total. The van der Waals surface area contributed by atoms with Gasteiger partial charge in [0.15, 0.2) is 12.5 Å². The number of hydrogen-bond donors (Lipinski definition) is 1. The first kappa shape index (κ1) is 12.4. The van der Waals surface area contributed by atoms with Crippen molar-refractivity contribution in [3.05, 3.63) is 30.3 Å². The maximum Gasteiger partial charge on any atom is 0.169 e. The summed E-state index contributed by atoms with van der Waals surface area (Å²) >= 11 is 0. The van der Waals surface area contributed by atoms with E-state index in [0.29, 0.717) is 6.04 Å². The van der Waals surface area contributed by atoms with Crippen LogP contribution < -0.4 is 10.2 Å². The van der Waals surface area contributed by atoms with Gasteiger partial charge in [-0.2, -0.15) is 0 Å². The predicted molar refractivity (Wildman–Crippen MR) is 68.0 cm³/mol. The Morgan fingerprint density at radius 2 is 1.88 bits per heavy atom. The van der Waals surface area contributed by atoms with Gasteiger partial charge in [-0.15, -0.1) is 0 Å². The largest absolute Gasteiger partial charge is 0.362 e. The van der Waals surface area contributed by atoms with E-state index in [-0.39, 0.29) is 12.5 Å². The van der Waals surface area contributed by atoms with Crippen molar-refractivity contribution >= 4 is 5.69 Å². The minimum Gasteiger partial charge on any atom is -0.362 e. The Kier molecular flexibility index (Phi) is 3.99. The summed E-state index contributed by atoms with van der Waals surface area (Å²) in [6.45, 7) is 3.05. The zero-order chi connectivity index (χ0) is 12.3. The molecule has 0 bridgehead atoms. The van der Waals surface area contributed by atoms with Gasteiger partial charge in [0.05, 0.1) is 0 Å². The quantitative estimate of drug-likeness (QED) is 0.861. The molecule has 1 aromatic carbocycles. The van der Waals surface area contributed by atoms with Crippen LogP contribution in [-0.2, 0) is 9.47 Å². The van der Waals surface area contributed by atoms with Crippen LogP contribution >= 0.6 is 0 Å². The number of ether oxygens (including phenoxy) is 2. The number of benzene rings is 1. The molecule has 4 heteroatoms. The highest BCUT2D eigenvalue weighted by atomic mass is 16.5. The summed E-state index contributed by atoms with van der Waals surface area (Å²) < 4.78 is 11.0. The molecule has 1 aliphatic heterocycles. The zero-order valence-corrected chi connectivity index (χ0v) is 10.6. The third kappa shape index (κ3) is 2.60. The van der Waals surface area contributed by atoms with E-state index in [0.717, 1.165) is 12.2 Å². The second-order valence-corrected chi connectivity index (χ2v) is 4.34. The van der Waals surface area contributed by atoms with Crippen molar-refractivity contribution in [1.29, 1.82) is 0 Å². The molecule has 1 aromatic rings. The molecular weight excluding hydrogens is 216 g/mol. The van der Waals surface area contributed by atoms with E-state index in [1.807, 2.05) is 18.2 Å². The second kappa shape index (κ2) is 5.49. The third-order valence-electron chi connectivity index (χ3n) is 3.07. The lowest BCUT2D eigenvalue weighted by atomic mass is 10.1. The van der Waals surface area contributed by atoms with Gasteiger partial charge in [0, 0.05) is 32.5 Å². The van der Waals surface area contributed by atoms with Gasteiger partial charge in [-0.25, -0.2) is 0 Å². The van der Waals surface area contributed by atoms with E-state index in [9.17, 15) is 0 Å². The fraction of sp³-hybridized carbons (Fsp3) is 0.538. The highest BCUT2D eigenvalue weighted by molar-refractivity contribution is 5.47. The number of methoxy groups -OCH3 is 2. The molecule has 1 saturated heterocycles. The number of nitrogens with zero attached hydrogens (tertiary/aromatic N) is 1. The number of anilines is 1. The Bertz CT molecular complexity index is 345. The van der Waals surface area contributed by atoms with Crippen molar-refractivity contribution < 1.29 is 9.47 Å². The third-order valence-corrected chi connectivity index (χ3v) is 3.07. The molecular formula is C13H20N2O2. The minimum atomic E-state index is -0.107. The van der Waals surface area contributed by atoms with E-state index < -0.39 is 0 Å². The van der Waals surface area contributed by atoms with E-state index >= 15 is 0 Å². The summed E-state index contributed by atoms with van der Waals surface area (Å²) in [6.07, 6.45) is -0.206. The summed E-state index contributed by atoms with van der Waals surface area (Å²) in [5.41, 5.74) is 1.16. The number of piperazine rings is 1. The number of para-hydroxylation sites is 1. The normalized spacial score (nSPS) is 29.4. The van der Waals surface area contributed by atoms with Crippen molar-refractivity contribution in [2.75, 3.05) is 25.7 Å². The maximum atomic E-state index is 5.55. The van der Waals surface area contributed by atoms with Crippen LogP contribution in [0.25, 0.3) is 0 Å². The first-order chi connectivity index (χ1) is 8.26. The molecule has 1 aliphatic rings. The molecule has 1 heterocycles. The van der Waals surface area contributed by atoms with Gasteiger partial charge in [-0.3, -0.25) is 5.32 Å². The summed E-state index contributed by atoms with van der Waals surface area (Å²) in [6, 6.07) is 10.7. The van der Waals surface area contributed by atoms with Gasteiger partial charge in [-0.1, -0.05) is 18.2 Å². The minimum absolute atomic E-state index is 0.0985. The van der Waals surface area contributed by atoms with Crippen LogP contribution in [0.3, 0.4) is 0 Å². The first-order valence-electron chi connectivity index (χ1n) is 5.89. The Balaban J connectivity index is 2.23. The molecule has 0 aliphatic carbocycles. The maximum absolute atomic E-state index is 5.55. The van der Waals surface area contributed by atoms with Crippen molar-refractivity contribution in [2.24, 2.45) is 0 Å². The molecule has 0 amide bonds. The summed E-state index contributed by atoms with van der Waals surface area (Å²) in [5.74, 6) is 0. The van der Waals surface area contributed by atoms with Crippen molar-refractivity contribution in [3.8, 4) is 0 Å². The fourth-order valence-electron chi connectivity index (χ4n) is 2.28. The molecule has 2 rings (SSSR count). The van der Waals surface area contributed by atoms with Crippen LogP contribution in [-0.4, -0.2) is 39.3 Å². The van der Waals surface area contributed by atoms with Gasteiger partial charge in [0.25, 0.3) is 0 Å². The molecule has 0 aromatic heterocycles. The Morgan fingerprint density at radius 3 is 2.47 bits per heavy atom. The number of hydrogen-bond acceptors (Lipinski definition) is 4. The average Bonchev–Trinajstić information content (AvgIpc) is 2.38. The molecule has 3 atom stereocenters. The summed E-state index contributed by atoms with van der Waals surface area (Å²) in [5, 5.41) is 3.38. The van der Waals surface area contributed by atoms with E-state index in [4.69, 9.17) is 9.47 Å². The monoisotopic (exact) mass is 236 g/mol. The molecule has 0 spiro atoms. The molecule has 17 heavy (non-hydrogen) atoms. The van der Waals surface area contributed by atoms with Gasteiger partial charge in [-0.05, 0) is 19.1 Å². The van der Waals surface area contributed by atoms with Crippen molar-refractivity contribution in [3.63, 3.8) is 0 Å². The second-order valence-electron chi connectivity index (χ2n) is 4.34. The smallest absolute Gasteiger partial charge is 0.169 e. The Labute approximate surface area is 103 Å². The molecule has 3 unspecified atom stereocenters. The van der Waals surface area contributed by atoms with Crippen LogP contribution in [0, 0.1) is 0 Å². The van der Waals surface area contributed by atoms with Gasteiger partial charge in [0.2, 0.25) is 0 Å².